The van der Waals surface area contributed by atoms with Crippen LogP contribution in [0.5, 0.6) is 0 Å². The number of para-hydroxylation sites is 1. The fraction of sp³-hybridized carbons (Fsp3) is 0.364. The van der Waals surface area contributed by atoms with Crippen LogP contribution in [0.4, 0.5) is 5.69 Å². The molecule has 1 aliphatic heterocycles. The number of fused-ring (bicyclic) bond motifs is 1. The summed E-state index contributed by atoms with van der Waals surface area (Å²) in [6.45, 7) is 3.06. The summed E-state index contributed by atoms with van der Waals surface area (Å²) in [7, 11) is 0. The molecule has 0 aromatic heterocycles. The van der Waals surface area contributed by atoms with Crippen LogP contribution in [0.25, 0.3) is 0 Å². The lowest BCUT2D eigenvalue weighted by Gasteiger charge is -2.26. The van der Waals surface area contributed by atoms with Gasteiger partial charge in [-0.25, -0.2) is 5.26 Å². The van der Waals surface area contributed by atoms with Gasteiger partial charge in [0, 0.05) is 18.2 Å². The Labute approximate surface area is 85.0 Å². The van der Waals surface area contributed by atoms with Crippen molar-refractivity contribution >= 4 is 12.4 Å². The van der Waals surface area contributed by atoms with Gasteiger partial charge in [-0.2, -0.15) is 0 Å². The van der Waals surface area contributed by atoms with Crippen molar-refractivity contribution in [3.8, 4) is 5.97 Å². The topological polar surface area (TPSA) is 35.8 Å². The average molecular weight is 184 g/mol. The number of benzene rings is 1. The predicted octanol–water partition coefficient (Wildman–Crippen LogP) is 2.21. The van der Waals surface area contributed by atoms with Crippen molar-refractivity contribution in [2.24, 2.45) is 0 Å². The number of nitriles is 1. The van der Waals surface area contributed by atoms with E-state index in [0.717, 1.165) is 13.0 Å². The van der Waals surface area contributed by atoms with Crippen LogP contribution >= 0.6 is 0 Å². The molecule has 1 N–H and O–H groups in total. The first-order valence-electron chi connectivity index (χ1n) is 5.02. The summed E-state index contributed by atoms with van der Waals surface area (Å²) in [5.74, 6) is 2.78. The smallest absolute Gasteiger partial charge is 0.269 e. The molecule has 1 atom stereocenters. The highest BCUT2D eigenvalue weighted by Crippen LogP contribution is 2.28. The third-order valence-electron chi connectivity index (χ3n) is 2.96. The molecule has 1 aliphatic rings. The Hall–Kier alpha value is -1.43. The van der Waals surface area contributed by atoms with Crippen LogP contribution in [-0.2, 0) is 6.42 Å². The lowest BCUT2D eigenvalue weighted by Crippen LogP contribution is -2.28. The quantitative estimate of drug-likeness (QED) is 0.679. The molecule has 1 unspecified atom stereocenters. The third-order valence-corrected chi connectivity index (χ3v) is 2.96. The molecule has 1 aromatic carbocycles. The highest BCUT2D eigenvalue weighted by Gasteiger charge is 2.25. The van der Waals surface area contributed by atoms with Crippen LogP contribution < -0.4 is 5.32 Å². The van der Waals surface area contributed by atoms with E-state index in [0.29, 0.717) is 5.82 Å². The molecule has 70 valence electrons. The number of hydrogen-bond acceptors (Lipinski definition) is 2. The minimum atomic E-state index is 0.135. The minimum absolute atomic E-state index is 0.135. The van der Waals surface area contributed by atoms with Gasteiger partial charge in [0.1, 0.15) is 0 Å². The van der Waals surface area contributed by atoms with Crippen LogP contribution in [0.1, 0.15) is 5.56 Å². The Morgan fingerprint density at radius 2 is 2.29 bits per heavy atom. The lowest BCUT2D eigenvalue weighted by atomic mass is 9.43. The first-order chi connectivity index (χ1) is 6.81. The van der Waals surface area contributed by atoms with Gasteiger partial charge in [-0.15, -0.1) is 0 Å². The zero-order valence-electron chi connectivity index (χ0n) is 8.33. The lowest BCUT2D eigenvalue weighted by molar-refractivity contribution is 0.811. The van der Waals surface area contributed by atoms with Gasteiger partial charge in [-0.1, -0.05) is 25.0 Å². The molecule has 3 heteroatoms. The fourth-order valence-corrected chi connectivity index (χ4v) is 1.93. The first kappa shape index (κ1) is 9.14. The third kappa shape index (κ3) is 1.61. The van der Waals surface area contributed by atoms with Gasteiger partial charge in [0.15, 0.2) is 0 Å². The molecule has 2 nitrogen and oxygen atoms in total. The molecular formula is C11H13BN2. The van der Waals surface area contributed by atoms with Crippen molar-refractivity contribution in [1.82, 2.24) is 0 Å². The predicted molar refractivity (Wildman–Crippen MR) is 59.6 cm³/mol. The second-order valence-electron chi connectivity index (χ2n) is 3.92. The Bertz CT molecular complexity index is 370. The molecule has 0 fully saturated rings. The van der Waals surface area contributed by atoms with Crippen molar-refractivity contribution in [3.05, 3.63) is 29.8 Å². The molecule has 2 rings (SSSR count). The maximum Gasteiger partial charge on any atom is 0.269 e. The van der Waals surface area contributed by atoms with E-state index in [2.05, 4.69) is 29.5 Å². The van der Waals surface area contributed by atoms with E-state index in [1.54, 1.807) is 0 Å². The van der Waals surface area contributed by atoms with Crippen molar-refractivity contribution in [3.63, 3.8) is 0 Å². The van der Waals surface area contributed by atoms with Gasteiger partial charge in [-0.3, -0.25) is 0 Å². The second kappa shape index (κ2) is 3.75. The molecule has 14 heavy (non-hydrogen) atoms. The van der Waals surface area contributed by atoms with Crippen molar-refractivity contribution in [2.75, 3.05) is 11.9 Å². The van der Waals surface area contributed by atoms with Gasteiger partial charge in [0.05, 0.1) is 0 Å². The second-order valence-corrected chi connectivity index (χ2v) is 3.92. The Balaban J connectivity index is 2.18. The summed E-state index contributed by atoms with van der Waals surface area (Å²) in [6.07, 6.45) is 1.03. The summed E-state index contributed by atoms with van der Waals surface area (Å²) in [5, 5.41) is 12.2. The number of rotatable bonds is 1. The SMILES string of the molecule is CB(C#N)C1CNc2ccccc2C1. The summed E-state index contributed by atoms with van der Waals surface area (Å²) in [5.41, 5.74) is 2.57. The number of nitrogens with zero attached hydrogens (tertiary/aromatic N) is 1. The normalized spacial score (nSPS) is 19.0. The summed E-state index contributed by atoms with van der Waals surface area (Å²) >= 11 is 0. The van der Waals surface area contributed by atoms with Crippen LogP contribution in [0, 0.1) is 11.2 Å². The largest absolute Gasteiger partial charge is 0.385 e. The molecule has 1 heterocycles. The van der Waals surface area contributed by atoms with Gasteiger partial charge >= 0.3 is 0 Å². The zero-order chi connectivity index (χ0) is 9.97. The van der Waals surface area contributed by atoms with Crippen molar-refractivity contribution in [2.45, 2.75) is 19.1 Å². The van der Waals surface area contributed by atoms with E-state index >= 15 is 0 Å². The Kier molecular flexibility index (Phi) is 2.45. The maximum absolute atomic E-state index is 8.86. The molecule has 0 saturated heterocycles. The van der Waals surface area contributed by atoms with Crippen LogP contribution in [0.3, 0.4) is 0 Å². The van der Waals surface area contributed by atoms with Crippen LogP contribution in [-0.4, -0.2) is 13.3 Å². The van der Waals surface area contributed by atoms with Crippen molar-refractivity contribution in [1.29, 1.82) is 5.26 Å². The first-order valence-corrected chi connectivity index (χ1v) is 5.02. The van der Waals surface area contributed by atoms with Gasteiger partial charge in [0.2, 0.25) is 0 Å². The van der Waals surface area contributed by atoms with Crippen LogP contribution in [0.2, 0.25) is 12.6 Å². The van der Waals surface area contributed by atoms with E-state index in [9.17, 15) is 0 Å². The van der Waals surface area contributed by atoms with Crippen LogP contribution in [0.15, 0.2) is 24.3 Å². The molecule has 1 aromatic rings. The molecule has 0 radical (unpaired) electrons. The van der Waals surface area contributed by atoms with E-state index in [1.807, 2.05) is 12.9 Å². The van der Waals surface area contributed by atoms with E-state index in [1.165, 1.54) is 11.3 Å². The van der Waals surface area contributed by atoms with Gasteiger partial charge in [0.25, 0.3) is 6.71 Å². The molecule has 0 aliphatic carbocycles. The summed E-state index contributed by atoms with van der Waals surface area (Å²) < 4.78 is 0. The zero-order valence-corrected chi connectivity index (χ0v) is 8.33. The minimum Gasteiger partial charge on any atom is -0.385 e. The highest BCUT2D eigenvalue weighted by molar-refractivity contribution is 6.67. The summed E-state index contributed by atoms with van der Waals surface area (Å²) in [6, 6.07) is 8.33. The molecule has 0 bridgehead atoms. The van der Waals surface area contributed by atoms with E-state index in [-0.39, 0.29) is 6.71 Å². The van der Waals surface area contributed by atoms with Crippen molar-refractivity contribution < 1.29 is 0 Å². The highest BCUT2D eigenvalue weighted by atomic mass is 14.9. The molecule has 0 amide bonds. The fourth-order valence-electron chi connectivity index (χ4n) is 1.93. The number of nitrogens with one attached hydrogen (secondary N) is 1. The van der Waals surface area contributed by atoms with E-state index in [4.69, 9.17) is 5.26 Å². The number of anilines is 1. The molecule has 0 saturated carbocycles. The van der Waals surface area contributed by atoms with Gasteiger partial charge in [-0.05, 0) is 23.9 Å². The molecular weight excluding hydrogens is 171 g/mol. The number of hydrogen-bond donors (Lipinski definition) is 1. The van der Waals surface area contributed by atoms with E-state index < -0.39 is 0 Å². The maximum atomic E-state index is 8.86. The van der Waals surface area contributed by atoms with Gasteiger partial charge < -0.3 is 5.32 Å². The molecule has 0 spiro atoms. The monoisotopic (exact) mass is 184 g/mol. The Morgan fingerprint density at radius 3 is 3.07 bits per heavy atom. The Morgan fingerprint density at radius 1 is 1.50 bits per heavy atom. The summed E-state index contributed by atoms with van der Waals surface area (Å²) in [4.78, 5) is 0. The standard InChI is InChI=1S/C11H13BN2/c1-12(8-13)10-6-9-4-2-3-5-11(9)14-7-10/h2-5,10,14H,6-7H2,1H3. The average Bonchev–Trinajstić information content (AvgIpc) is 2.27.